The van der Waals surface area contributed by atoms with E-state index in [1.54, 1.807) is 18.2 Å². The van der Waals surface area contributed by atoms with E-state index in [1.165, 1.54) is 19.4 Å². The number of anilines is 1. The molecule has 3 rings (SSSR count). The van der Waals surface area contributed by atoms with E-state index in [1.807, 2.05) is 4.90 Å². The van der Waals surface area contributed by atoms with Gasteiger partial charge in [-0.15, -0.1) is 12.4 Å². The Morgan fingerprint density at radius 2 is 2.14 bits per heavy atom. The quantitative estimate of drug-likeness (QED) is 0.856. The van der Waals surface area contributed by atoms with Gasteiger partial charge in [-0.3, -0.25) is 4.79 Å². The SMILES string of the molecule is CN1CCCC2CN(C(=O)c3cccc(N)n3)CCC21.Cl. The monoisotopic (exact) mass is 310 g/mol. The van der Waals surface area contributed by atoms with E-state index in [0.717, 1.165) is 19.5 Å². The van der Waals surface area contributed by atoms with Gasteiger partial charge in [0.15, 0.2) is 0 Å². The predicted molar refractivity (Wildman–Crippen MR) is 85.6 cm³/mol. The van der Waals surface area contributed by atoms with Crippen LogP contribution in [0.25, 0.3) is 0 Å². The first-order chi connectivity index (χ1) is 9.65. The van der Waals surface area contributed by atoms with Crippen LogP contribution in [0.1, 0.15) is 29.8 Å². The number of halogens is 1. The van der Waals surface area contributed by atoms with Crippen molar-refractivity contribution in [3.05, 3.63) is 23.9 Å². The van der Waals surface area contributed by atoms with Crippen LogP contribution in [-0.2, 0) is 0 Å². The topological polar surface area (TPSA) is 62.5 Å². The molecular formula is C15H23ClN4O. The van der Waals surface area contributed by atoms with Gasteiger partial charge in [0.2, 0.25) is 0 Å². The average Bonchev–Trinajstić information content (AvgIpc) is 2.46. The molecule has 1 aromatic heterocycles. The second kappa shape index (κ2) is 6.62. The largest absolute Gasteiger partial charge is 0.384 e. The molecule has 1 aromatic rings. The summed E-state index contributed by atoms with van der Waals surface area (Å²) < 4.78 is 0. The Hall–Kier alpha value is -1.33. The van der Waals surface area contributed by atoms with Crippen molar-refractivity contribution in [2.45, 2.75) is 25.3 Å². The van der Waals surface area contributed by atoms with Crippen molar-refractivity contribution in [2.24, 2.45) is 5.92 Å². The van der Waals surface area contributed by atoms with E-state index < -0.39 is 0 Å². The van der Waals surface area contributed by atoms with Crippen LogP contribution in [0.3, 0.4) is 0 Å². The van der Waals surface area contributed by atoms with Crippen molar-refractivity contribution in [2.75, 3.05) is 32.4 Å². The zero-order chi connectivity index (χ0) is 14.1. The van der Waals surface area contributed by atoms with E-state index in [4.69, 9.17) is 5.73 Å². The molecule has 1 amide bonds. The number of piperidine rings is 2. The van der Waals surface area contributed by atoms with Crippen LogP contribution < -0.4 is 5.73 Å². The fraction of sp³-hybridized carbons (Fsp3) is 0.600. The molecular weight excluding hydrogens is 288 g/mol. The predicted octanol–water partition coefficient (Wildman–Crippen LogP) is 1.64. The third kappa shape index (κ3) is 3.30. The lowest BCUT2D eigenvalue weighted by molar-refractivity contribution is 0.0313. The smallest absolute Gasteiger partial charge is 0.272 e. The van der Waals surface area contributed by atoms with E-state index in [0.29, 0.717) is 23.5 Å². The van der Waals surface area contributed by atoms with Crippen LogP contribution in [0.4, 0.5) is 5.82 Å². The summed E-state index contributed by atoms with van der Waals surface area (Å²) >= 11 is 0. The van der Waals surface area contributed by atoms with Gasteiger partial charge in [0.25, 0.3) is 5.91 Å². The molecule has 2 aliphatic rings. The number of likely N-dealkylation sites (tertiary alicyclic amines) is 2. The molecule has 0 aromatic carbocycles. The van der Waals surface area contributed by atoms with Crippen LogP contribution in [0, 0.1) is 5.92 Å². The molecule has 2 aliphatic heterocycles. The highest BCUT2D eigenvalue weighted by Gasteiger charge is 2.36. The van der Waals surface area contributed by atoms with Crippen LogP contribution in [0.2, 0.25) is 0 Å². The Balaban J connectivity index is 0.00000161. The van der Waals surface area contributed by atoms with Gasteiger partial charge in [-0.25, -0.2) is 4.98 Å². The number of fused-ring (bicyclic) bond motifs is 1. The first-order valence-electron chi connectivity index (χ1n) is 7.37. The Kier molecular flexibility index (Phi) is 5.06. The van der Waals surface area contributed by atoms with Crippen molar-refractivity contribution in [1.82, 2.24) is 14.8 Å². The van der Waals surface area contributed by atoms with E-state index in [-0.39, 0.29) is 18.3 Å². The van der Waals surface area contributed by atoms with Gasteiger partial charge >= 0.3 is 0 Å². The maximum Gasteiger partial charge on any atom is 0.272 e. The first-order valence-corrected chi connectivity index (χ1v) is 7.37. The molecule has 2 saturated heterocycles. The number of nitrogens with zero attached hydrogens (tertiary/aromatic N) is 3. The molecule has 0 radical (unpaired) electrons. The van der Waals surface area contributed by atoms with Crippen LogP contribution in [0.5, 0.6) is 0 Å². The zero-order valence-corrected chi connectivity index (χ0v) is 13.2. The maximum absolute atomic E-state index is 12.5. The minimum absolute atomic E-state index is 0. The second-order valence-corrected chi connectivity index (χ2v) is 5.94. The van der Waals surface area contributed by atoms with Gasteiger partial charge in [0.1, 0.15) is 11.5 Å². The summed E-state index contributed by atoms with van der Waals surface area (Å²) in [5.41, 5.74) is 6.13. The summed E-state index contributed by atoms with van der Waals surface area (Å²) in [6, 6.07) is 5.88. The fourth-order valence-corrected chi connectivity index (χ4v) is 3.57. The lowest BCUT2D eigenvalue weighted by Crippen LogP contribution is -2.54. The number of carbonyl (C=O) groups is 1. The number of carbonyl (C=O) groups excluding carboxylic acids is 1. The number of rotatable bonds is 1. The van der Waals surface area contributed by atoms with Crippen molar-refractivity contribution < 1.29 is 4.79 Å². The minimum atomic E-state index is 0. The molecule has 2 atom stereocenters. The van der Waals surface area contributed by atoms with Gasteiger partial charge < -0.3 is 15.5 Å². The number of nitrogens with two attached hydrogens (primary N) is 1. The number of aromatic nitrogens is 1. The number of hydrogen-bond donors (Lipinski definition) is 1. The molecule has 0 bridgehead atoms. The van der Waals surface area contributed by atoms with Crippen LogP contribution >= 0.6 is 12.4 Å². The fourth-order valence-electron chi connectivity index (χ4n) is 3.57. The summed E-state index contributed by atoms with van der Waals surface area (Å²) in [5, 5.41) is 0. The Bertz CT molecular complexity index is 510. The van der Waals surface area contributed by atoms with E-state index in [2.05, 4.69) is 16.9 Å². The third-order valence-electron chi connectivity index (χ3n) is 4.62. The molecule has 5 nitrogen and oxygen atoms in total. The summed E-state index contributed by atoms with van der Waals surface area (Å²) in [7, 11) is 2.20. The average molecular weight is 311 g/mol. The molecule has 116 valence electrons. The summed E-state index contributed by atoms with van der Waals surface area (Å²) in [4.78, 5) is 21.0. The number of amides is 1. The van der Waals surface area contributed by atoms with Crippen molar-refractivity contribution in [3.8, 4) is 0 Å². The van der Waals surface area contributed by atoms with Crippen molar-refractivity contribution in [1.29, 1.82) is 0 Å². The highest BCUT2D eigenvalue weighted by Crippen LogP contribution is 2.30. The number of nitrogen functional groups attached to an aromatic ring is 1. The molecule has 2 N–H and O–H groups in total. The van der Waals surface area contributed by atoms with E-state index in [9.17, 15) is 4.79 Å². The summed E-state index contributed by atoms with van der Waals surface area (Å²) in [6.45, 7) is 2.86. The highest BCUT2D eigenvalue weighted by molar-refractivity contribution is 5.92. The van der Waals surface area contributed by atoms with Crippen LogP contribution in [0.15, 0.2) is 18.2 Å². The Morgan fingerprint density at radius 3 is 2.90 bits per heavy atom. The molecule has 0 spiro atoms. The molecule has 0 aliphatic carbocycles. The third-order valence-corrected chi connectivity index (χ3v) is 4.62. The van der Waals surface area contributed by atoms with Crippen molar-refractivity contribution in [3.63, 3.8) is 0 Å². The van der Waals surface area contributed by atoms with Gasteiger partial charge in [-0.2, -0.15) is 0 Å². The second-order valence-electron chi connectivity index (χ2n) is 5.94. The number of hydrogen-bond acceptors (Lipinski definition) is 4. The Labute approximate surface area is 131 Å². The molecule has 2 fully saturated rings. The lowest BCUT2D eigenvalue weighted by Gasteiger charge is -2.45. The number of pyridine rings is 1. The highest BCUT2D eigenvalue weighted by atomic mass is 35.5. The molecule has 0 saturated carbocycles. The molecule has 6 heteroatoms. The van der Waals surface area contributed by atoms with Gasteiger partial charge in [0, 0.05) is 19.1 Å². The van der Waals surface area contributed by atoms with E-state index >= 15 is 0 Å². The lowest BCUT2D eigenvalue weighted by atomic mass is 9.84. The normalized spacial score (nSPS) is 25.9. The first kappa shape index (κ1) is 16.0. The van der Waals surface area contributed by atoms with Crippen molar-refractivity contribution >= 4 is 24.1 Å². The van der Waals surface area contributed by atoms with Crippen LogP contribution in [-0.4, -0.2) is 53.4 Å². The molecule has 3 heterocycles. The molecule has 21 heavy (non-hydrogen) atoms. The van der Waals surface area contributed by atoms with Gasteiger partial charge in [-0.1, -0.05) is 6.07 Å². The maximum atomic E-state index is 12.5. The van der Waals surface area contributed by atoms with Gasteiger partial charge in [0.05, 0.1) is 0 Å². The zero-order valence-electron chi connectivity index (χ0n) is 12.4. The van der Waals surface area contributed by atoms with Gasteiger partial charge in [-0.05, 0) is 50.9 Å². The molecule has 2 unspecified atom stereocenters. The Morgan fingerprint density at radius 1 is 1.33 bits per heavy atom. The minimum Gasteiger partial charge on any atom is -0.384 e. The summed E-state index contributed by atoms with van der Waals surface area (Å²) in [6.07, 6.45) is 3.52. The summed E-state index contributed by atoms with van der Waals surface area (Å²) in [5.74, 6) is 1.03. The standard InChI is InChI=1S/C15H22N4O.ClH/c1-18-8-3-4-11-10-19(9-7-13(11)18)15(20)12-5-2-6-14(16)17-12;/h2,5-6,11,13H,3-4,7-10H2,1H3,(H2,16,17);1H.